The number of nitrogens with zero attached hydrogens (tertiary/aromatic N) is 7. The second-order valence-electron chi connectivity index (χ2n) is 26.1. The fourth-order valence-corrected chi connectivity index (χ4v) is 8.80. The zero-order valence-corrected chi connectivity index (χ0v) is 58.2. The summed E-state index contributed by atoms with van der Waals surface area (Å²) in [6.45, 7) is 21.0. The molecule has 4 heterocycles. The fraction of sp³-hybridized carbons (Fsp3) is 0.364. The maximum Gasteiger partial charge on any atom is 0.471 e. The highest BCUT2D eigenvalue weighted by Crippen LogP contribution is 2.29. The SMILES string of the molecule is CC(C)(C)O[13C](=O)[13C@@H]([NH3+])[13CH2][13c]1[13cH]c[13c](OC(C)(C)C)[13cH][13cH]1.CC(C)(C)O[13C](=O)[13C@H]([13CH2][13c]1[13cH]c[13c](OC(C)(C)C)[13cH][13cH]1)NC(=O)c1ccc(N(Cc2c[nH+]c3nc(N)[nH]c(=O)c3n2)C(=O)C(F)(F)F)cc1.Nc1nc2ncc(CN(C(=O)C(F)(F)F)c3ccc(C(=O)O)cc3)nc2c(=O)[nH]1.[Cl-].[Cl-]. The molecule has 4 aromatic carbocycles. The number of H-pyrrole nitrogens is 3. The zero-order valence-electron chi connectivity index (χ0n) is 56.7. The number of aromatic carboxylic acids is 1. The molecule has 544 valence electrons. The molecule has 0 fully saturated rings. The van der Waals surface area contributed by atoms with Crippen LogP contribution in [-0.2, 0) is 54.6 Å². The van der Waals surface area contributed by atoms with Crippen LogP contribution in [0.25, 0.3) is 22.3 Å². The lowest BCUT2D eigenvalue weighted by molar-refractivity contribution is -0.409. The van der Waals surface area contributed by atoms with Crippen LogP contribution in [0.2, 0.25) is 0 Å². The minimum atomic E-state index is -5.26. The van der Waals surface area contributed by atoms with Crippen LogP contribution in [0.15, 0.2) is 119 Å². The Balaban J connectivity index is 0.000000352. The van der Waals surface area contributed by atoms with Crippen molar-refractivity contribution in [3.05, 3.63) is 164 Å². The van der Waals surface area contributed by atoms with Gasteiger partial charge in [-0.3, -0.25) is 43.7 Å². The standard InChI is InChI=1S/C33H36F3N7O6.C17H27NO3.C16H11F3N6O4.2ClH/c1-31(2,3)48-22-13-7-18(8-14-22)15-23(28(46)49-32(4,5)6)40-26(44)19-9-11-21(12-10-19)43(29(47)33(34,35)36)17-20-16-38-25-24(39-20)27(45)42-30(37)41-25;1-16(2,3)20-13-9-7-12(8-10-13)11-14(18)15(19)21-17(4,5)6;17-16(18,19)14(29)25(9-3-1-7(2-4-9)13(27)28)6-8-5-21-11-10(22-8)12(26)24-15(20)23-11;;/h7-14,16,23H,15,17H2,1-6H3,(H,40,44)(H3,37,38,41,42,45);7-10,14H,11,18H2,1-6H3;1-5H,6H2,(H,27,28)(H3,20,21,23,24,26);2*1H/t23-;14-;;;/m00.../s1/i7+1,8+1,13+1,15+1,18+1,22+1,23+1,28+1;7+1,8+1,9+1,11+1,12+1,13+1,14+1,15+1;;;. The minimum absolute atomic E-state index is 0. The van der Waals surface area contributed by atoms with Gasteiger partial charge in [-0.25, -0.2) is 34.3 Å². The van der Waals surface area contributed by atoms with Crippen molar-refractivity contribution >= 4 is 81.2 Å². The van der Waals surface area contributed by atoms with Crippen molar-refractivity contribution < 1.29 is 115 Å². The second kappa shape index (κ2) is 33.5. The van der Waals surface area contributed by atoms with E-state index >= 15 is 0 Å². The molecule has 8 rings (SSSR count). The molecule has 12 N–H and O–H groups in total. The lowest BCUT2D eigenvalue weighted by atomic mass is 10.1. The predicted molar refractivity (Wildman–Crippen MR) is 349 cm³/mol. The van der Waals surface area contributed by atoms with Gasteiger partial charge >= 0.3 is 53.7 Å². The largest absolute Gasteiger partial charge is 1.00 e. The number of nitrogens with one attached hydrogen (secondary N) is 4. The van der Waals surface area contributed by atoms with Crippen molar-refractivity contribution in [2.75, 3.05) is 21.3 Å². The van der Waals surface area contributed by atoms with Gasteiger partial charge in [-0.05, 0) is 172 Å². The molecule has 0 spiro atoms. The quantitative estimate of drug-likeness (QED) is 0.0381. The summed E-state index contributed by atoms with van der Waals surface area (Å²) in [6, 6.07) is 22.2. The van der Waals surface area contributed by atoms with Gasteiger partial charge < -0.3 is 71.4 Å². The molecule has 0 bridgehead atoms. The summed E-state index contributed by atoms with van der Waals surface area (Å²) < 4.78 is 103. The highest BCUT2D eigenvalue weighted by molar-refractivity contribution is 6.00. The first-order chi connectivity index (χ1) is 45.7. The third-order valence-corrected chi connectivity index (χ3v) is 12.9. The summed E-state index contributed by atoms with van der Waals surface area (Å²) in [4.78, 5) is 125. The van der Waals surface area contributed by atoms with Crippen molar-refractivity contribution in [1.29, 1.82) is 0 Å². The van der Waals surface area contributed by atoms with Gasteiger partial charge in [0.15, 0.2) is 17.2 Å². The van der Waals surface area contributed by atoms with E-state index in [0.29, 0.717) is 27.5 Å². The number of quaternary nitrogens is 1. The molecule has 2 atom stereocenters. The molecule has 4 aromatic heterocycles. The first-order valence-electron chi connectivity index (χ1n) is 30.2. The Bertz CT molecular complexity index is 4350. The van der Waals surface area contributed by atoms with E-state index in [0.717, 1.165) is 53.9 Å². The Kier molecular flexibility index (Phi) is 27.5. The number of esters is 2. The second-order valence-corrected chi connectivity index (χ2v) is 26.1. The number of carbonyl (C=O) groups is 6. The number of aromatic nitrogens is 8. The first-order valence-corrected chi connectivity index (χ1v) is 30.2. The van der Waals surface area contributed by atoms with E-state index in [2.05, 4.69) is 50.9 Å². The van der Waals surface area contributed by atoms with E-state index < -0.39 is 95.1 Å². The third kappa shape index (κ3) is 25.6. The maximum atomic E-state index is 13.7. The van der Waals surface area contributed by atoms with Crippen molar-refractivity contribution in [2.24, 2.45) is 0 Å². The number of carbonyl (C=O) groups excluding carboxylic acids is 5. The van der Waals surface area contributed by atoms with Gasteiger partial charge in [0.05, 0.1) is 30.5 Å². The van der Waals surface area contributed by atoms with Gasteiger partial charge in [0, 0.05) is 29.8 Å². The topological polar surface area (TPSA) is 402 Å². The number of carboxylic acids is 1. The molecule has 8 aromatic rings. The number of amides is 3. The average molecular weight is 1470 g/mol. The van der Waals surface area contributed by atoms with Crippen molar-refractivity contribution in [1.82, 2.24) is 40.2 Å². The Morgan fingerprint density at radius 2 is 0.980 bits per heavy atom. The predicted octanol–water partition coefficient (Wildman–Crippen LogP) is 1.13. The van der Waals surface area contributed by atoms with Crippen LogP contribution in [0.1, 0.15) is 126 Å². The van der Waals surface area contributed by atoms with Crippen LogP contribution < -0.4 is 82.7 Å². The number of benzene rings is 4. The maximum absolute atomic E-state index is 13.7. The van der Waals surface area contributed by atoms with Crippen LogP contribution in [-0.4, -0.2) is 122 Å². The number of fused-ring (bicyclic) bond motifs is 2. The van der Waals surface area contributed by atoms with Crippen LogP contribution in [0.3, 0.4) is 0 Å². The molecule has 3 amide bonds. The summed E-state index contributed by atoms with van der Waals surface area (Å²) in [5, 5.41) is 11.6. The average Bonchev–Trinajstić information content (AvgIpc) is 0.793. The Hall–Kier alpha value is -10.5. The van der Waals surface area contributed by atoms with Gasteiger partial charge in [-0.1, -0.05) is 24.3 Å². The number of hydrogen-bond acceptors (Lipinski definition) is 19. The Labute approximate surface area is 586 Å². The van der Waals surface area contributed by atoms with E-state index in [4.69, 9.17) is 35.5 Å². The number of nitrogen functional groups attached to an aromatic ring is 2. The minimum Gasteiger partial charge on any atom is -1.00 e. The van der Waals surface area contributed by atoms with E-state index in [-0.39, 0.29) is 111 Å². The summed E-state index contributed by atoms with van der Waals surface area (Å²) in [5.74, 6) is -6.31. The van der Waals surface area contributed by atoms with Gasteiger partial charge in [0.2, 0.25) is 11.5 Å². The molecule has 0 unspecified atom stereocenters. The van der Waals surface area contributed by atoms with Gasteiger partial charge in [0.25, 0.3) is 17.0 Å². The molecule has 0 saturated heterocycles. The number of ether oxygens (including phenoxy) is 4. The molecule has 0 saturated carbocycles. The summed E-state index contributed by atoms with van der Waals surface area (Å²) >= 11 is 0. The van der Waals surface area contributed by atoms with Crippen LogP contribution in [0.5, 0.6) is 11.5 Å². The smallest absolute Gasteiger partial charge is 0.471 e. The molecular formula is C66H76Cl2F6N14O13. The number of hydrogen-bond donors (Lipinski definition) is 7. The number of aromatic amines is 3. The number of anilines is 4. The molecule has 101 heavy (non-hydrogen) atoms. The van der Waals surface area contributed by atoms with Gasteiger partial charge in [-0.15, -0.1) is 0 Å². The summed E-state index contributed by atoms with van der Waals surface area (Å²) in [6.07, 6.45) is -7.59. The molecule has 27 nitrogen and oxygen atoms in total. The number of alkyl halides is 6. The number of halogens is 8. The van der Waals surface area contributed by atoms with Crippen LogP contribution in [0, 0.1) is 0 Å². The monoisotopic (exact) mass is 1470 g/mol. The van der Waals surface area contributed by atoms with Gasteiger partial charge in [-0.2, -0.15) is 31.3 Å². The molecule has 0 aliphatic rings. The molecule has 0 aliphatic carbocycles. The van der Waals surface area contributed by atoms with E-state index in [1.165, 1.54) is 18.3 Å². The van der Waals surface area contributed by atoms with Crippen molar-refractivity contribution in [2.45, 2.75) is 156 Å². The molecule has 0 radical (unpaired) electrons. The Morgan fingerprint density at radius 3 is 1.43 bits per heavy atom. The number of nitrogens with two attached hydrogens (primary N) is 2. The highest BCUT2D eigenvalue weighted by Gasteiger charge is 2.45. The molecule has 0 aliphatic heterocycles. The van der Waals surface area contributed by atoms with E-state index in [9.17, 15) is 64.7 Å². The lowest BCUT2D eigenvalue weighted by Crippen LogP contribution is -3.00. The van der Waals surface area contributed by atoms with Crippen LogP contribution >= 0.6 is 0 Å². The Morgan fingerprint density at radius 1 is 0.564 bits per heavy atom. The fourth-order valence-electron chi connectivity index (χ4n) is 8.80. The van der Waals surface area contributed by atoms with Gasteiger partial charge in [0.1, 0.15) is 51.8 Å². The lowest BCUT2D eigenvalue weighted by Gasteiger charge is -2.25. The van der Waals surface area contributed by atoms with Crippen molar-refractivity contribution in [3.63, 3.8) is 0 Å². The first kappa shape index (κ1) is 82.9. The zero-order chi connectivity index (χ0) is 73.9. The highest BCUT2D eigenvalue weighted by atomic mass is 35.5. The third-order valence-electron chi connectivity index (χ3n) is 12.9. The molecular weight excluding hydrogens is 1400 g/mol. The van der Waals surface area contributed by atoms with Crippen molar-refractivity contribution in [3.8, 4) is 11.5 Å². The summed E-state index contributed by atoms with van der Waals surface area (Å²) in [7, 11) is 0. The number of rotatable bonds is 17. The molecule has 35 heteroatoms. The van der Waals surface area contributed by atoms with Crippen LogP contribution in [0.4, 0.5) is 49.6 Å². The summed E-state index contributed by atoms with van der Waals surface area (Å²) in [5.41, 5.74) is 11.6. The number of carboxylic acid groups (broad SMARTS) is 1. The van der Waals surface area contributed by atoms with E-state index in [1.54, 1.807) is 45.0 Å². The van der Waals surface area contributed by atoms with E-state index in [1.807, 2.05) is 86.6 Å². The normalized spacial score (nSPS) is 12.3.